The third kappa shape index (κ3) is 6.44. The fourth-order valence-corrected chi connectivity index (χ4v) is 5.96. The zero-order chi connectivity index (χ0) is 28.1. The average Bonchev–Trinajstić information content (AvgIpc) is 2.92. The van der Waals surface area contributed by atoms with E-state index in [0.717, 1.165) is 63.2 Å². The Kier molecular flexibility index (Phi) is 8.64. The number of hydrogen-bond acceptors (Lipinski definition) is 2. The van der Waals surface area contributed by atoms with Gasteiger partial charge in [-0.25, -0.2) is 0 Å². The number of rotatable bonds is 6. The second-order valence-electron chi connectivity index (χ2n) is 12.3. The van der Waals surface area contributed by atoms with E-state index in [2.05, 4.69) is 113 Å². The van der Waals surface area contributed by atoms with Crippen LogP contribution in [0.15, 0.2) is 78.9 Å². The summed E-state index contributed by atoms with van der Waals surface area (Å²) in [7, 11) is 0. The molecular formula is C38H44O2. The Morgan fingerprint density at radius 3 is 1.45 bits per heavy atom. The molecule has 0 atom stereocenters. The average molecular weight is 533 g/mol. The Morgan fingerprint density at radius 2 is 0.975 bits per heavy atom. The predicted octanol–water partition coefficient (Wildman–Crippen LogP) is 9.24. The lowest BCUT2D eigenvalue weighted by Gasteiger charge is -2.25. The molecule has 8 bridgehead atoms. The van der Waals surface area contributed by atoms with Crippen molar-refractivity contribution in [1.29, 1.82) is 0 Å². The van der Waals surface area contributed by atoms with Crippen LogP contribution in [0.5, 0.6) is 11.5 Å². The number of hydrogen-bond donors (Lipinski definition) is 0. The van der Waals surface area contributed by atoms with E-state index in [1.165, 1.54) is 50.1 Å². The molecule has 0 saturated carbocycles. The van der Waals surface area contributed by atoms with Crippen LogP contribution < -0.4 is 9.47 Å². The van der Waals surface area contributed by atoms with Crippen molar-refractivity contribution in [2.45, 2.75) is 78.6 Å². The largest absolute Gasteiger partial charge is 0.493 e. The first-order valence-electron chi connectivity index (χ1n) is 15.0. The number of fused-ring (bicyclic) bond motifs is 8. The third-order valence-electron chi connectivity index (χ3n) is 7.79. The third-order valence-corrected chi connectivity index (χ3v) is 7.79. The molecule has 0 radical (unpaired) electrons. The van der Waals surface area contributed by atoms with Crippen LogP contribution in [0.2, 0.25) is 0 Å². The van der Waals surface area contributed by atoms with Gasteiger partial charge in [0.2, 0.25) is 0 Å². The van der Waals surface area contributed by atoms with Crippen LogP contribution >= 0.6 is 0 Å². The van der Waals surface area contributed by atoms with Crippen LogP contribution in [0, 0.1) is 0 Å². The highest BCUT2D eigenvalue weighted by Gasteiger charge is 2.21. The van der Waals surface area contributed by atoms with E-state index < -0.39 is 0 Å². The van der Waals surface area contributed by atoms with Crippen molar-refractivity contribution in [3.8, 4) is 11.5 Å². The van der Waals surface area contributed by atoms with Crippen LogP contribution in [-0.4, -0.2) is 13.2 Å². The van der Waals surface area contributed by atoms with Gasteiger partial charge in [0.1, 0.15) is 11.5 Å². The molecule has 1 aliphatic carbocycles. The molecule has 0 unspecified atom stereocenters. The minimum Gasteiger partial charge on any atom is -0.493 e. The minimum absolute atomic E-state index is 0.0481. The van der Waals surface area contributed by atoms with Gasteiger partial charge in [0.05, 0.1) is 13.2 Å². The predicted molar refractivity (Wildman–Crippen MR) is 167 cm³/mol. The first-order chi connectivity index (χ1) is 19.4. The molecule has 40 heavy (non-hydrogen) atoms. The molecule has 0 N–H and O–H groups in total. The summed E-state index contributed by atoms with van der Waals surface area (Å²) in [4.78, 5) is 0. The topological polar surface area (TPSA) is 18.5 Å². The minimum atomic E-state index is 0.0481. The van der Waals surface area contributed by atoms with Crippen LogP contribution in [-0.2, 0) is 31.1 Å². The van der Waals surface area contributed by atoms with Gasteiger partial charge < -0.3 is 9.47 Å². The van der Waals surface area contributed by atoms with E-state index in [1.807, 2.05) is 0 Å². The summed E-state index contributed by atoms with van der Waals surface area (Å²) in [6.07, 6.45) is 5.40. The number of para-hydroxylation sites is 2. The Bertz CT molecular complexity index is 1460. The Balaban J connectivity index is 1.70. The standard InChI is InChI=1S/C38H44O2/c1-6-19-39-36-30-13-9-14-32(36)24-29-17-18-35(38(3,4)5)34(25-29)26-33-16-10-15-31(37(33)40-20-7-2)23-28-12-8-11-27(21-28)22-30/h8-18,21,25H,6-7,19-20,22-24,26H2,1-5H3. The van der Waals surface area contributed by atoms with Crippen molar-refractivity contribution < 1.29 is 9.47 Å². The van der Waals surface area contributed by atoms with Crippen LogP contribution in [0.4, 0.5) is 0 Å². The van der Waals surface area contributed by atoms with Crippen molar-refractivity contribution in [2.75, 3.05) is 13.2 Å². The molecule has 0 heterocycles. The molecule has 0 spiro atoms. The van der Waals surface area contributed by atoms with Crippen LogP contribution in [0.1, 0.15) is 97.5 Å². The van der Waals surface area contributed by atoms with Crippen molar-refractivity contribution in [2.24, 2.45) is 0 Å². The van der Waals surface area contributed by atoms with Crippen LogP contribution in [0.25, 0.3) is 0 Å². The molecule has 0 saturated heterocycles. The Morgan fingerprint density at radius 1 is 0.525 bits per heavy atom. The van der Waals surface area contributed by atoms with Gasteiger partial charge in [-0.2, -0.15) is 0 Å². The lowest BCUT2D eigenvalue weighted by molar-refractivity contribution is 0.311. The van der Waals surface area contributed by atoms with Crippen molar-refractivity contribution in [1.82, 2.24) is 0 Å². The zero-order valence-electron chi connectivity index (χ0n) is 25.0. The molecule has 2 heteroatoms. The van der Waals surface area contributed by atoms with E-state index in [1.54, 1.807) is 0 Å². The highest BCUT2D eigenvalue weighted by Crippen LogP contribution is 2.35. The highest BCUT2D eigenvalue weighted by molar-refractivity contribution is 5.51. The van der Waals surface area contributed by atoms with Gasteiger partial charge in [0.25, 0.3) is 0 Å². The van der Waals surface area contributed by atoms with E-state index in [9.17, 15) is 0 Å². The summed E-state index contributed by atoms with van der Waals surface area (Å²) in [5, 5.41) is 0. The van der Waals surface area contributed by atoms with Crippen LogP contribution in [0.3, 0.4) is 0 Å². The number of benzene rings is 4. The first-order valence-corrected chi connectivity index (χ1v) is 15.0. The lowest BCUT2D eigenvalue weighted by Crippen LogP contribution is -2.15. The highest BCUT2D eigenvalue weighted by atomic mass is 16.5. The van der Waals surface area contributed by atoms with Gasteiger partial charge in [-0.05, 0) is 68.3 Å². The summed E-state index contributed by atoms with van der Waals surface area (Å²) in [5.74, 6) is 2.12. The molecule has 2 nitrogen and oxygen atoms in total. The quantitative estimate of drug-likeness (QED) is 0.217. The lowest BCUT2D eigenvalue weighted by atomic mass is 9.80. The maximum Gasteiger partial charge on any atom is 0.126 e. The second-order valence-corrected chi connectivity index (χ2v) is 12.3. The summed E-state index contributed by atoms with van der Waals surface area (Å²) < 4.78 is 13.0. The van der Waals surface area contributed by atoms with Crippen molar-refractivity contribution >= 4 is 0 Å². The molecule has 0 amide bonds. The fourth-order valence-electron chi connectivity index (χ4n) is 5.96. The number of ether oxygens (including phenoxy) is 2. The summed E-state index contributed by atoms with van der Waals surface area (Å²) in [6, 6.07) is 29.5. The summed E-state index contributed by atoms with van der Waals surface area (Å²) >= 11 is 0. The van der Waals surface area contributed by atoms with Crippen molar-refractivity contribution in [3.05, 3.63) is 129 Å². The van der Waals surface area contributed by atoms with Gasteiger partial charge in [-0.3, -0.25) is 0 Å². The SMILES string of the molecule is CCCOc1c2cccc1Cc1ccc(C(C)(C)C)c(c1)Cc1cccc(c1OCCC)Cc1cccc(c1)C2. The molecule has 4 aromatic rings. The Hall–Kier alpha value is -3.52. The molecule has 4 aromatic carbocycles. The van der Waals surface area contributed by atoms with Gasteiger partial charge in [0, 0.05) is 25.7 Å². The molecule has 0 aliphatic heterocycles. The normalized spacial score (nSPS) is 13.1. The molecular weight excluding hydrogens is 488 g/mol. The maximum atomic E-state index is 6.50. The molecule has 0 aromatic heterocycles. The molecule has 0 fully saturated rings. The van der Waals surface area contributed by atoms with E-state index >= 15 is 0 Å². The smallest absolute Gasteiger partial charge is 0.126 e. The zero-order valence-corrected chi connectivity index (χ0v) is 25.0. The van der Waals surface area contributed by atoms with Gasteiger partial charge in [-0.1, -0.05) is 113 Å². The van der Waals surface area contributed by atoms with Crippen molar-refractivity contribution in [3.63, 3.8) is 0 Å². The first kappa shape index (κ1) is 28.0. The van der Waals surface area contributed by atoms with E-state index in [4.69, 9.17) is 9.47 Å². The second kappa shape index (κ2) is 12.3. The monoisotopic (exact) mass is 532 g/mol. The van der Waals surface area contributed by atoms with Gasteiger partial charge in [0.15, 0.2) is 0 Å². The fraction of sp³-hybridized carbons (Fsp3) is 0.368. The van der Waals surface area contributed by atoms with E-state index in [-0.39, 0.29) is 5.41 Å². The molecule has 208 valence electrons. The summed E-state index contributed by atoms with van der Waals surface area (Å²) in [6.45, 7) is 12.8. The summed E-state index contributed by atoms with van der Waals surface area (Å²) in [5.41, 5.74) is 11.8. The molecule has 5 rings (SSSR count). The maximum absolute atomic E-state index is 6.50. The van der Waals surface area contributed by atoms with E-state index in [0.29, 0.717) is 0 Å². The Labute approximate surface area is 241 Å². The molecule has 1 aliphatic rings. The van der Waals surface area contributed by atoms with Gasteiger partial charge in [-0.15, -0.1) is 0 Å². The van der Waals surface area contributed by atoms with Gasteiger partial charge >= 0.3 is 0 Å².